The van der Waals surface area contributed by atoms with Crippen molar-refractivity contribution in [2.24, 2.45) is 0 Å². The van der Waals surface area contributed by atoms with Crippen molar-refractivity contribution in [1.82, 2.24) is 10.3 Å². The number of hydrogen-bond donors (Lipinski definition) is 1. The molecule has 1 atom stereocenters. The summed E-state index contributed by atoms with van der Waals surface area (Å²) in [6, 6.07) is 5.88. The first-order valence-electron chi connectivity index (χ1n) is 5.76. The molecule has 0 bridgehead atoms. The molecule has 2 aromatic rings. The molecule has 0 aliphatic heterocycles. The van der Waals surface area contributed by atoms with E-state index in [-0.39, 0.29) is 6.04 Å². The van der Waals surface area contributed by atoms with E-state index in [0.29, 0.717) is 10.0 Å². The Kier molecular flexibility index (Phi) is 5.01. The maximum atomic E-state index is 6.23. The lowest BCUT2D eigenvalue weighted by Gasteiger charge is -2.18. The Morgan fingerprint density at radius 1 is 1.39 bits per heavy atom. The van der Waals surface area contributed by atoms with Crippen LogP contribution < -0.4 is 5.32 Å². The van der Waals surface area contributed by atoms with E-state index in [1.165, 1.54) is 4.88 Å². The van der Waals surface area contributed by atoms with Gasteiger partial charge in [-0.15, -0.1) is 11.3 Å². The molecule has 96 valence electrons. The first kappa shape index (κ1) is 13.8. The Morgan fingerprint density at radius 2 is 2.22 bits per heavy atom. The molecule has 18 heavy (non-hydrogen) atoms. The first-order valence-corrected chi connectivity index (χ1v) is 7.40. The van der Waals surface area contributed by atoms with E-state index >= 15 is 0 Å². The fraction of sp³-hybridized carbons (Fsp3) is 0.308. The van der Waals surface area contributed by atoms with E-state index < -0.39 is 0 Å². The Morgan fingerprint density at radius 3 is 2.83 bits per heavy atom. The number of aromatic nitrogens is 1. The Bertz CT molecular complexity index is 500. The van der Waals surface area contributed by atoms with Gasteiger partial charge in [0, 0.05) is 33.7 Å². The second-order valence-electron chi connectivity index (χ2n) is 3.98. The predicted molar refractivity (Wildman–Crippen MR) is 78.4 cm³/mol. The third kappa shape index (κ3) is 3.45. The van der Waals surface area contributed by atoms with Crippen LogP contribution in [0.4, 0.5) is 0 Å². The number of nitrogens with one attached hydrogen (secondary N) is 1. The molecule has 1 aromatic heterocycles. The molecular weight excluding hydrogens is 287 g/mol. The quantitative estimate of drug-likeness (QED) is 0.866. The van der Waals surface area contributed by atoms with Crippen LogP contribution in [0.1, 0.15) is 29.8 Å². The summed E-state index contributed by atoms with van der Waals surface area (Å²) in [5.74, 6) is 0. The second kappa shape index (κ2) is 6.53. The monoisotopic (exact) mass is 300 g/mol. The average Bonchev–Trinajstić information content (AvgIpc) is 2.85. The minimum absolute atomic E-state index is 0.233. The topological polar surface area (TPSA) is 24.9 Å². The zero-order valence-corrected chi connectivity index (χ0v) is 12.3. The van der Waals surface area contributed by atoms with Crippen molar-refractivity contribution in [3.05, 3.63) is 50.4 Å². The van der Waals surface area contributed by atoms with E-state index in [4.69, 9.17) is 23.2 Å². The maximum Gasteiger partial charge on any atom is 0.0794 e. The van der Waals surface area contributed by atoms with Gasteiger partial charge in [0.2, 0.25) is 0 Å². The van der Waals surface area contributed by atoms with Gasteiger partial charge in [0.25, 0.3) is 0 Å². The zero-order valence-electron chi connectivity index (χ0n) is 9.99. The van der Waals surface area contributed by atoms with Crippen molar-refractivity contribution in [3.8, 4) is 0 Å². The summed E-state index contributed by atoms with van der Waals surface area (Å²) in [5, 5.41) is 4.87. The highest BCUT2D eigenvalue weighted by Crippen LogP contribution is 2.28. The summed E-state index contributed by atoms with van der Waals surface area (Å²) in [6.45, 7) is 2.94. The highest BCUT2D eigenvalue weighted by molar-refractivity contribution is 7.09. The van der Waals surface area contributed by atoms with Crippen LogP contribution in [0.5, 0.6) is 0 Å². The molecule has 2 rings (SSSR count). The van der Waals surface area contributed by atoms with E-state index in [9.17, 15) is 0 Å². The zero-order chi connectivity index (χ0) is 13.0. The van der Waals surface area contributed by atoms with Crippen LogP contribution in [0.25, 0.3) is 0 Å². The molecule has 0 radical (unpaired) electrons. The van der Waals surface area contributed by atoms with Gasteiger partial charge < -0.3 is 5.32 Å². The van der Waals surface area contributed by atoms with E-state index in [0.717, 1.165) is 18.5 Å². The standard InChI is InChI=1S/C13H14Cl2N2S/c1-2-13(17-7-10-6-16-8-18-10)11-4-3-9(14)5-12(11)15/h3-6,8,13,17H,2,7H2,1H3. The van der Waals surface area contributed by atoms with Crippen molar-refractivity contribution in [3.63, 3.8) is 0 Å². The van der Waals surface area contributed by atoms with Gasteiger partial charge in [-0.3, -0.25) is 4.98 Å². The molecule has 0 saturated heterocycles. The first-order chi connectivity index (χ1) is 8.70. The van der Waals surface area contributed by atoms with E-state index in [1.807, 2.05) is 23.8 Å². The molecule has 1 N–H and O–H groups in total. The highest BCUT2D eigenvalue weighted by atomic mass is 35.5. The lowest BCUT2D eigenvalue weighted by atomic mass is 10.0. The van der Waals surface area contributed by atoms with Crippen molar-refractivity contribution in [1.29, 1.82) is 0 Å². The van der Waals surface area contributed by atoms with Crippen LogP contribution in [0.3, 0.4) is 0 Å². The normalized spacial score (nSPS) is 12.6. The summed E-state index contributed by atoms with van der Waals surface area (Å²) in [6.07, 6.45) is 2.86. The summed E-state index contributed by atoms with van der Waals surface area (Å²) < 4.78 is 0. The van der Waals surface area contributed by atoms with Gasteiger partial charge in [-0.2, -0.15) is 0 Å². The molecule has 0 amide bonds. The minimum Gasteiger partial charge on any atom is -0.305 e. The van der Waals surface area contributed by atoms with Crippen LogP contribution in [0, 0.1) is 0 Å². The maximum absolute atomic E-state index is 6.23. The Labute approximate surface area is 121 Å². The largest absolute Gasteiger partial charge is 0.305 e. The Balaban J connectivity index is 2.08. The van der Waals surface area contributed by atoms with Gasteiger partial charge in [0.05, 0.1) is 5.51 Å². The van der Waals surface area contributed by atoms with Crippen LogP contribution in [-0.2, 0) is 6.54 Å². The third-order valence-corrected chi connectivity index (χ3v) is 4.09. The van der Waals surface area contributed by atoms with Crippen molar-refractivity contribution >= 4 is 34.5 Å². The van der Waals surface area contributed by atoms with E-state index in [2.05, 4.69) is 17.2 Å². The molecule has 0 saturated carbocycles. The summed E-state index contributed by atoms with van der Waals surface area (Å²) >= 11 is 13.8. The van der Waals surface area contributed by atoms with Gasteiger partial charge in [0.15, 0.2) is 0 Å². The van der Waals surface area contributed by atoms with Gasteiger partial charge in [0.1, 0.15) is 0 Å². The Hall–Kier alpha value is -0.610. The summed E-state index contributed by atoms with van der Waals surface area (Å²) in [4.78, 5) is 5.28. The molecule has 1 heterocycles. The fourth-order valence-electron chi connectivity index (χ4n) is 1.81. The lowest BCUT2D eigenvalue weighted by molar-refractivity contribution is 0.522. The summed E-state index contributed by atoms with van der Waals surface area (Å²) in [7, 11) is 0. The molecule has 0 aliphatic carbocycles. The van der Waals surface area contributed by atoms with Crippen molar-refractivity contribution in [2.75, 3.05) is 0 Å². The SMILES string of the molecule is CCC(NCc1cncs1)c1ccc(Cl)cc1Cl. The predicted octanol–water partition coefficient (Wildman–Crippen LogP) is 4.69. The number of halogens is 2. The number of nitrogens with zero attached hydrogens (tertiary/aromatic N) is 1. The van der Waals surface area contributed by atoms with Gasteiger partial charge in [-0.1, -0.05) is 36.2 Å². The molecule has 0 fully saturated rings. The smallest absolute Gasteiger partial charge is 0.0794 e. The average molecular weight is 301 g/mol. The lowest BCUT2D eigenvalue weighted by Crippen LogP contribution is -2.20. The number of thiazole rings is 1. The molecule has 2 nitrogen and oxygen atoms in total. The van der Waals surface area contributed by atoms with Gasteiger partial charge in [-0.25, -0.2) is 0 Å². The summed E-state index contributed by atoms with van der Waals surface area (Å²) in [5.41, 5.74) is 2.93. The van der Waals surface area contributed by atoms with Crippen LogP contribution in [0.15, 0.2) is 29.9 Å². The third-order valence-electron chi connectivity index (χ3n) is 2.75. The minimum atomic E-state index is 0.233. The molecular formula is C13H14Cl2N2S. The molecule has 5 heteroatoms. The number of hydrogen-bond acceptors (Lipinski definition) is 3. The second-order valence-corrected chi connectivity index (χ2v) is 5.79. The van der Waals surface area contributed by atoms with Gasteiger partial charge >= 0.3 is 0 Å². The van der Waals surface area contributed by atoms with Crippen LogP contribution >= 0.6 is 34.5 Å². The van der Waals surface area contributed by atoms with Crippen LogP contribution in [0.2, 0.25) is 10.0 Å². The van der Waals surface area contributed by atoms with Crippen molar-refractivity contribution in [2.45, 2.75) is 25.9 Å². The molecule has 0 spiro atoms. The fourth-order valence-corrected chi connectivity index (χ4v) is 2.90. The number of rotatable bonds is 5. The molecule has 0 aliphatic rings. The highest BCUT2D eigenvalue weighted by Gasteiger charge is 2.12. The van der Waals surface area contributed by atoms with Crippen LogP contribution in [-0.4, -0.2) is 4.98 Å². The van der Waals surface area contributed by atoms with Gasteiger partial charge in [-0.05, 0) is 24.1 Å². The van der Waals surface area contributed by atoms with Crippen molar-refractivity contribution < 1.29 is 0 Å². The molecule has 1 unspecified atom stereocenters. The number of benzene rings is 1. The molecule has 1 aromatic carbocycles. The van der Waals surface area contributed by atoms with E-state index in [1.54, 1.807) is 17.4 Å².